The number of esters is 2. The maximum Gasteiger partial charge on any atom is 0.308 e. The van der Waals surface area contributed by atoms with Gasteiger partial charge < -0.3 is 9.47 Å². The lowest BCUT2D eigenvalue weighted by atomic mass is 10.0. The molecule has 2 aromatic rings. The molecule has 144 valence electrons. The molecule has 6 heteroatoms. The van der Waals surface area contributed by atoms with Gasteiger partial charge in [0.2, 0.25) is 0 Å². The summed E-state index contributed by atoms with van der Waals surface area (Å²) < 4.78 is 23.6. The fourth-order valence-corrected chi connectivity index (χ4v) is 4.28. The van der Waals surface area contributed by atoms with Crippen LogP contribution in [0.1, 0.15) is 25.0 Å². The smallest absolute Gasteiger partial charge is 0.308 e. The van der Waals surface area contributed by atoms with Gasteiger partial charge in [0.1, 0.15) is 11.5 Å². The van der Waals surface area contributed by atoms with Crippen molar-refractivity contribution in [2.75, 3.05) is 0 Å². The summed E-state index contributed by atoms with van der Waals surface area (Å²) in [6.45, 7) is 4.59. The van der Waals surface area contributed by atoms with Crippen molar-refractivity contribution in [1.82, 2.24) is 0 Å². The molecule has 0 radical (unpaired) electrons. The molecule has 28 heavy (non-hydrogen) atoms. The molecule has 0 aromatic heterocycles. The van der Waals surface area contributed by atoms with Gasteiger partial charge in [-0.05, 0) is 42.8 Å². The van der Waals surface area contributed by atoms with Crippen LogP contribution in [0.25, 0.3) is 5.57 Å². The van der Waals surface area contributed by atoms with Crippen molar-refractivity contribution in [1.29, 1.82) is 0 Å². The van der Waals surface area contributed by atoms with Crippen LogP contribution in [0.4, 0.5) is 0 Å². The number of ether oxygens (including phenoxy) is 2. The number of benzene rings is 2. The maximum absolute atomic E-state index is 13.2. The summed E-state index contributed by atoms with van der Waals surface area (Å²) in [5, 5.41) is -0.412. The Balaban J connectivity index is 2.00. The summed E-state index contributed by atoms with van der Waals surface area (Å²) in [4.78, 5) is 23.5. The zero-order valence-corrected chi connectivity index (χ0v) is 16.6. The molecule has 0 fully saturated rings. The van der Waals surface area contributed by atoms with Gasteiger partial charge in [0.15, 0.2) is 0 Å². The molecule has 0 aliphatic heterocycles. The standard InChI is InChI=1S/C22H20O5S/c1-14-7-10-18(11-8-14)28(25)22-6-4-5-19(22)20-13-17(26-15(2)23)9-12-21(20)27-16(3)24/h4-13,22H,1-3H3. The lowest BCUT2D eigenvalue weighted by Crippen LogP contribution is -2.14. The first-order chi connectivity index (χ1) is 13.3. The second-order valence-corrected chi connectivity index (χ2v) is 7.96. The van der Waals surface area contributed by atoms with Crippen molar-refractivity contribution in [3.63, 3.8) is 0 Å². The normalized spacial score (nSPS) is 16.4. The molecule has 0 spiro atoms. The highest BCUT2D eigenvalue weighted by molar-refractivity contribution is 7.86. The van der Waals surface area contributed by atoms with E-state index in [9.17, 15) is 13.8 Å². The van der Waals surface area contributed by atoms with Crippen molar-refractivity contribution in [2.24, 2.45) is 0 Å². The second kappa shape index (κ2) is 8.35. The van der Waals surface area contributed by atoms with E-state index in [-0.39, 0.29) is 0 Å². The maximum atomic E-state index is 13.2. The number of carbonyl (C=O) groups is 2. The third kappa shape index (κ3) is 4.46. The Bertz CT molecular complexity index is 1000. The van der Waals surface area contributed by atoms with E-state index in [0.717, 1.165) is 11.1 Å². The minimum Gasteiger partial charge on any atom is -0.427 e. The molecule has 0 saturated heterocycles. The third-order valence-corrected chi connectivity index (χ3v) is 5.74. The predicted octanol–water partition coefficient (Wildman–Crippen LogP) is 3.98. The summed E-state index contributed by atoms with van der Waals surface area (Å²) in [5.74, 6) is -0.274. The first-order valence-electron chi connectivity index (χ1n) is 8.72. The van der Waals surface area contributed by atoms with Gasteiger partial charge >= 0.3 is 11.9 Å². The number of rotatable bonds is 5. The highest BCUT2D eigenvalue weighted by Gasteiger charge is 2.27. The number of carbonyl (C=O) groups excluding carboxylic acids is 2. The Morgan fingerprint density at radius 3 is 2.29 bits per heavy atom. The molecular formula is C22H20O5S. The molecule has 0 saturated carbocycles. The van der Waals surface area contributed by atoms with Gasteiger partial charge in [-0.1, -0.05) is 35.9 Å². The Labute approximate surface area is 166 Å². The monoisotopic (exact) mass is 396 g/mol. The minimum absolute atomic E-state index is 0.323. The highest BCUT2D eigenvalue weighted by Crippen LogP contribution is 2.37. The molecule has 5 nitrogen and oxygen atoms in total. The first kappa shape index (κ1) is 19.8. The zero-order valence-electron chi connectivity index (χ0n) is 15.8. The lowest BCUT2D eigenvalue weighted by Gasteiger charge is -2.18. The van der Waals surface area contributed by atoms with Crippen LogP contribution in [-0.4, -0.2) is 21.4 Å². The molecule has 0 N–H and O–H groups in total. The van der Waals surface area contributed by atoms with Crippen molar-refractivity contribution in [3.05, 3.63) is 71.8 Å². The molecule has 0 heterocycles. The number of aryl methyl sites for hydroxylation is 1. The SMILES string of the molecule is CC(=O)Oc1ccc(OC(C)=O)c(C2=CC=CC2S(=O)c2ccc(C)cc2)c1. The average molecular weight is 396 g/mol. The van der Waals surface area contributed by atoms with E-state index in [1.165, 1.54) is 13.8 Å². The summed E-state index contributed by atoms with van der Waals surface area (Å²) >= 11 is 0. The Morgan fingerprint density at radius 1 is 0.964 bits per heavy atom. The Morgan fingerprint density at radius 2 is 1.64 bits per heavy atom. The van der Waals surface area contributed by atoms with Crippen LogP contribution in [0.3, 0.4) is 0 Å². The topological polar surface area (TPSA) is 69.7 Å². The molecule has 1 aliphatic rings. The summed E-state index contributed by atoms with van der Waals surface area (Å²) in [6.07, 6.45) is 5.50. The van der Waals surface area contributed by atoms with Gasteiger partial charge in [0.05, 0.1) is 16.0 Å². The zero-order chi connectivity index (χ0) is 20.3. The quantitative estimate of drug-likeness (QED) is 0.565. The van der Waals surface area contributed by atoms with Crippen molar-refractivity contribution in [3.8, 4) is 11.5 Å². The van der Waals surface area contributed by atoms with Crippen LogP contribution in [0.2, 0.25) is 0 Å². The first-order valence-corrected chi connectivity index (χ1v) is 9.93. The van der Waals surface area contributed by atoms with Gasteiger partial charge in [0, 0.05) is 24.3 Å². The Hall–Kier alpha value is -2.99. The molecule has 0 amide bonds. The average Bonchev–Trinajstić information content (AvgIpc) is 3.11. The minimum atomic E-state index is -1.34. The van der Waals surface area contributed by atoms with Crippen molar-refractivity contribution < 1.29 is 23.3 Å². The van der Waals surface area contributed by atoms with E-state index in [4.69, 9.17) is 9.47 Å². The molecule has 0 bridgehead atoms. The molecule has 3 rings (SSSR count). The summed E-state index contributed by atoms with van der Waals surface area (Å²) in [5.41, 5.74) is 2.37. The predicted molar refractivity (Wildman–Crippen MR) is 108 cm³/mol. The van der Waals surface area contributed by atoms with Crippen LogP contribution in [0.5, 0.6) is 11.5 Å². The van der Waals surface area contributed by atoms with Gasteiger partial charge in [-0.2, -0.15) is 0 Å². The van der Waals surface area contributed by atoms with Gasteiger partial charge in [0.25, 0.3) is 0 Å². The van der Waals surface area contributed by atoms with E-state index >= 15 is 0 Å². The van der Waals surface area contributed by atoms with E-state index in [0.29, 0.717) is 22.0 Å². The van der Waals surface area contributed by atoms with Crippen molar-refractivity contribution >= 4 is 28.3 Å². The number of hydrogen-bond acceptors (Lipinski definition) is 5. The van der Waals surface area contributed by atoms with E-state index in [1.807, 2.05) is 49.4 Å². The van der Waals surface area contributed by atoms with Crippen LogP contribution in [0.15, 0.2) is 65.6 Å². The van der Waals surface area contributed by atoms with Crippen LogP contribution in [-0.2, 0) is 20.4 Å². The van der Waals surface area contributed by atoms with Gasteiger partial charge in [-0.15, -0.1) is 0 Å². The third-order valence-electron chi connectivity index (χ3n) is 4.13. The van der Waals surface area contributed by atoms with Crippen LogP contribution >= 0.6 is 0 Å². The molecular weight excluding hydrogens is 376 g/mol. The lowest BCUT2D eigenvalue weighted by molar-refractivity contribution is -0.133. The highest BCUT2D eigenvalue weighted by atomic mass is 32.2. The molecule has 2 aromatic carbocycles. The number of hydrogen-bond donors (Lipinski definition) is 0. The van der Waals surface area contributed by atoms with Gasteiger partial charge in [-0.25, -0.2) is 0 Å². The molecule has 2 atom stereocenters. The van der Waals surface area contributed by atoms with E-state index in [2.05, 4.69) is 0 Å². The summed E-state index contributed by atoms with van der Waals surface area (Å²) in [7, 11) is -1.34. The number of allylic oxidation sites excluding steroid dienone is 2. The second-order valence-electron chi connectivity index (χ2n) is 6.38. The fraction of sp³-hybridized carbons (Fsp3) is 0.182. The summed E-state index contributed by atoms with van der Waals surface area (Å²) in [6, 6.07) is 12.3. The fourth-order valence-electron chi connectivity index (χ4n) is 2.92. The van der Waals surface area contributed by atoms with Crippen LogP contribution < -0.4 is 9.47 Å². The van der Waals surface area contributed by atoms with Crippen LogP contribution in [0, 0.1) is 6.92 Å². The molecule has 1 aliphatic carbocycles. The Kier molecular flexibility index (Phi) is 5.90. The molecule has 2 unspecified atom stereocenters. The van der Waals surface area contributed by atoms with Crippen molar-refractivity contribution in [2.45, 2.75) is 30.9 Å². The van der Waals surface area contributed by atoms with E-state index < -0.39 is 28.0 Å². The van der Waals surface area contributed by atoms with Gasteiger partial charge in [-0.3, -0.25) is 13.8 Å². The largest absolute Gasteiger partial charge is 0.427 e. The van der Waals surface area contributed by atoms with E-state index in [1.54, 1.807) is 18.2 Å².